The normalized spacial score (nSPS) is 15.5. The Balaban J connectivity index is 1.24. The van der Waals surface area contributed by atoms with Gasteiger partial charge in [-0.15, -0.1) is 0 Å². The van der Waals surface area contributed by atoms with Gasteiger partial charge in [-0.3, -0.25) is 19.4 Å². The Kier molecular flexibility index (Phi) is 16.4. The molecule has 0 saturated carbocycles. The summed E-state index contributed by atoms with van der Waals surface area (Å²) in [5, 5.41) is 7.83. The quantitative estimate of drug-likeness (QED) is 0.0348. The molecule has 364 valence electrons. The molecule has 6 N–H and O–H groups in total. The lowest BCUT2D eigenvalue weighted by Gasteiger charge is -2.26. The number of amides is 3. The van der Waals surface area contributed by atoms with E-state index in [4.69, 9.17) is 24.7 Å². The molecule has 0 radical (unpaired) electrons. The van der Waals surface area contributed by atoms with E-state index in [-0.39, 0.29) is 55.1 Å². The predicted molar refractivity (Wildman–Crippen MR) is 253 cm³/mol. The molecule has 0 spiro atoms. The molecule has 17 nitrogen and oxygen atoms in total. The monoisotopic (exact) mass is 946 g/mol. The van der Waals surface area contributed by atoms with E-state index in [0.717, 1.165) is 40.5 Å². The van der Waals surface area contributed by atoms with E-state index >= 15 is 0 Å². The van der Waals surface area contributed by atoms with Crippen LogP contribution in [0.2, 0.25) is 0 Å². The molecule has 1 heterocycles. The minimum Gasteiger partial charge on any atom is -0.487 e. The van der Waals surface area contributed by atoms with Crippen LogP contribution >= 0.6 is 0 Å². The Labute approximate surface area is 393 Å². The van der Waals surface area contributed by atoms with Crippen LogP contribution in [-0.2, 0) is 49.8 Å². The molecule has 3 aromatic carbocycles. The van der Waals surface area contributed by atoms with Crippen molar-refractivity contribution >= 4 is 45.8 Å². The maximum atomic E-state index is 14.0. The lowest BCUT2D eigenvalue weighted by Crippen LogP contribution is -2.56. The van der Waals surface area contributed by atoms with Crippen LogP contribution < -0.4 is 31.1 Å². The zero-order valence-electron chi connectivity index (χ0n) is 40.4. The van der Waals surface area contributed by atoms with Crippen molar-refractivity contribution in [2.45, 2.75) is 141 Å². The van der Waals surface area contributed by atoms with E-state index in [1.54, 1.807) is 34.6 Å². The van der Waals surface area contributed by atoms with Crippen LogP contribution in [0.15, 0.2) is 58.4 Å². The first-order chi connectivity index (χ1) is 31.3. The molecule has 1 aliphatic carbocycles. The van der Waals surface area contributed by atoms with E-state index in [1.165, 1.54) is 0 Å². The largest absolute Gasteiger partial charge is 0.487 e. The number of methoxy groups -OCH3 is 1. The topological polar surface area (TPSA) is 243 Å². The highest BCUT2D eigenvalue weighted by Crippen LogP contribution is 2.45. The fraction of sp³-hybridized carbons (Fsp3) is 0.510. The molecule has 0 fully saturated rings. The summed E-state index contributed by atoms with van der Waals surface area (Å²) in [6, 6.07) is 11.7. The third kappa shape index (κ3) is 13.0. The second-order valence-corrected chi connectivity index (χ2v) is 20.8. The number of carbonyl (C=O) groups excluding carboxylic acids is 5. The van der Waals surface area contributed by atoms with Crippen molar-refractivity contribution < 1.29 is 51.3 Å². The van der Waals surface area contributed by atoms with Gasteiger partial charge in [0.15, 0.2) is 0 Å². The summed E-state index contributed by atoms with van der Waals surface area (Å²) < 4.78 is 51.9. The van der Waals surface area contributed by atoms with Gasteiger partial charge in [-0.2, -0.15) is 0 Å². The average Bonchev–Trinajstić information content (AvgIpc) is 3.74. The Hall–Kier alpha value is -6.17. The first-order valence-electron chi connectivity index (χ1n) is 22.5. The number of ether oxygens (including phenoxy) is 4. The summed E-state index contributed by atoms with van der Waals surface area (Å²) in [5.74, 6) is -3.21. The van der Waals surface area contributed by atoms with E-state index in [1.807, 2.05) is 83.1 Å². The van der Waals surface area contributed by atoms with E-state index in [9.17, 15) is 32.4 Å². The number of esters is 2. The third-order valence-corrected chi connectivity index (χ3v) is 13.2. The lowest BCUT2D eigenvalue weighted by molar-refractivity contribution is -0.156. The number of guanidine groups is 1. The van der Waals surface area contributed by atoms with Crippen molar-refractivity contribution in [1.29, 1.82) is 0 Å². The second kappa shape index (κ2) is 21.2. The molecule has 0 unspecified atom stereocenters. The molecule has 1 aliphatic heterocycles. The summed E-state index contributed by atoms with van der Waals surface area (Å²) in [5.41, 5.74) is 11.4. The van der Waals surface area contributed by atoms with Crippen LogP contribution in [0.25, 0.3) is 11.1 Å². The van der Waals surface area contributed by atoms with Crippen LogP contribution in [0.3, 0.4) is 0 Å². The summed E-state index contributed by atoms with van der Waals surface area (Å²) in [6.07, 6.45) is -0.710. The standard InChI is InChI=1S/C49H66N6O11S/c1-27(2)23-38(53-44(58)39(24-40(56)65-48(6,7)8)54-47(60)64-26-36-33-19-14-12-17-31(33)32-18-13-15-20-34(32)36)43(57)52-37(45(59)63-11)21-16-22-51-46(50)55-67(61,62)42-29(4)28(3)41-35(30(42)5)25-49(9,10)66-41/h12-15,17-20,27,36-39H,16,21-26H2,1-11H3,(H,52,57)(H,53,58)(H,54,60)(H3,50,51,55)/t37-,38-,39-/m0/s1. The third-order valence-electron chi connectivity index (χ3n) is 11.6. The Morgan fingerprint density at radius 1 is 0.866 bits per heavy atom. The maximum Gasteiger partial charge on any atom is 0.407 e. The van der Waals surface area contributed by atoms with Gasteiger partial charge in [-0.1, -0.05) is 62.4 Å². The fourth-order valence-electron chi connectivity index (χ4n) is 8.54. The number of aliphatic imine (C=N–C) groups is 1. The highest BCUT2D eigenvalue weighted by Gasteiger charge is 2.38. The number of nitrogens with two attached hydrogens (primary N) is 1. The van der Waals surface area contributed by atoms with Gasteiger partial charge in [0.05, 0.1) is 18.4 Å². The van der Waals surface area contributed by atoms with Crippen molar-refractivity contribution in [2.24, 2.45) is 16.6 Å². The van der Waals surface area contributed by atoms with Crippen molar-refractivity contribution in [1.82, 2.24) is 20.7 Å². The Morgan fingerprint density at radius 2 is 1.45 bits per heavy atom. The minimum atomic E-state index is -4.16. The SMILES string of the molecule is COC(=O)[C@H](CCCN=C(N)NS(=O)(=O)c1c(C)c(C)c2c(c1C)CC(C)(C)O2)NC(=O)[C@H](CC(C)C)NC(=O)[C@H](CC(=O)OC(C)(C)C)NC(=O)OCC1c2ccccc2-c2ccccc21. The molecule has 0 aromatic heterocycles. The van der Waals surface area contributed by atoms with E-state index in [0.29, 0.717) is 23.3 Å². The smallest absolute Gasteiger partial charge is 0.407 e. The zero-order chi connectivity index (χ0) is 49.6. The van der Waals surface area contributed by atoms with Crippen LogP contribution in [0.1, 0.15) is 113 Å². The van der Waals surface area contributed by atoms with Crippen molar-refractivity contribution in [3.63, 3.8) is 0 Å². The molecular weight excluding hydrogens is 881 g/mol. The van der Waals surface area contributed by atoms with Crippen molar-refractivity contribution in [2.75, 3.05) is 20.3 Å². The number of fused-ring (bicyclic) bond motifs is 4. The number of hydrogen-bond acceptors (Lipinski definition) is 12. The molecule has 2 aliphatic rings. The van der Waals surface area contributed by atoms with Gasteiger partial charge < -0.3 is 40.6 Å². The van der Waals surface area contributed by atoms with Gasteiger partial charge >= 0.3 is 18.0 Å². The van der Waals surface area contributed by atoms with Crippen LogP contribution in [-0.4, -0.2) is 93.8 Å². The van der Waals surface area contributed by atoms with Gasteiger partial charge in [-0.05, 0) is 120 Å². The molecule has 0 saturated heterocycles. The molecule has 3 atom stereocenters. The Bertz CT molecular complexity index is 2470. The first kappa shape index (κ1) is 51.8. The maximum absolute atomic E-state index is 14.0. The number of sulfonamides is 1. The second-order valence-electron chi connectivity index (χ2n) is 19.2. The zero-order valence-corrected chi connectivity index (χ0v) is 41.2. The van der Waals surface area contributed by atoms with Crippen molar-refractivity contribution in [3.05, 3.63) is 81.9 Å². The number of hydrogen-bond donors (Lipinski definition) is 5. The van der Waals surface area contributed by atoms with Crippen LogP contribution in [0, 0.1) is 26.7 Å². The summed E-state index contributed by atoms with van der Waals surface area (Å²) in [4.78, 5) is 71.6. The van der Waals surface area contributed by atoms with E-state index < -0.39 is 75.6 Å². The highest BCUT2D eigenvalue weighted by atomic mass is 32.2. The number of carbonyl (C=O) groups is 5. The average molecular weight is 947 g/mol. The highest BCUT2D eigenvalue weighted by molar-refractivity contribution is 7.90. The molecule has 3 aromatic rings. The predicted octanol–water partition coefficient (Wildman–Crippen LogP) is 5.53. The molecule has 3 amide bonds. The molecule has 0 bridgehead atoms. The number of nitrogens with one attached hydrogen (secondary N) is 4. The first-order valence-corrected chi connectivity index (χ1v) is 24.0. The van der Waals surface area contributed by atoms with E-state index in [2.05, 4.69) is 25.7 Å². The molecule has 5 rings (SSSR count). The number of nitrogens with zero attached hydrogens (tertiary/aromatic N) is 1. The van der Waals surface area contributed by atoms with Gasteiger partial charge in [0.2, 0.25) is 17.8 Å². The Morgan fingerprint density at radius 3 is 2.03 bits per heavy atom. The summed E-state index contributed by atoms with van der Waals surface area (Å²) >= 11 is 0. The number of benzene rings is 3. The summed E-state index contributed by atoms with van der Waals surface area (Å²) in [6.45, 7) is 17.7. The van der Waals surface area contributed by atoms with Crippen LogP contribution in [0.5, 0.6) is 5.75 Å². The van der Waals surface area contributed by atoms with Crippen LogP contribution in [0.4, 0.5) is 4.79 Å². The number of alkyl carbamates (subject to hydrolysis) is 1. The van der Waals surface area contributed by atoms with Gasteiger partial charge in [-0.25, -0.2) is 22.7 Å². The van der Waals surface area contributed by atoms with Gasteiger partial charge in [0.1, 0.15) is 41.7 Å². The van der Waals surface area contributed by atoms with Gasteiger partial charge in [0, 0.05) is 24.4 Å². The molecule has 18 heteroatoms. The molecular formula is C49H66N6O11S. The van der Waals surface area contributed by atoms with Gasteiger partial charge in [0.25, 0.3) is 10.0 Å². The lowest BCUT2D eigenvalue weighted by atomic mass is 9.94. The summed E-state index contributed by atoms with van der Waals surface area (Å²) in [7, 11) is -3.00. The minimum absolute atomic E-state index is 0.00686. The van der Waals surface area contributed by atoms with Crippen molar-refractivity contribution in [3.8, 4) is 16.9 Å². The number of rotatable bonds is 18. The molecule has 67 heavy (non-hydrogen) atoms. The fourth-order valence-corrected chi connectivity index (χ4v) is 10.1.